The Balaban J connectivity index is 3.18. The highest BCUT2D eigenvalue weighted by Gasteiger charge is 2.00. The molecule has 19 heavy (non-hydrogen) atoms. The molecular weight excluding hydrogens is 238 g/mol. The number of hydrogen-bond acceptors (Lipinski definition) is 3. The van der Waals surface area contributed by atoms with Crippen LogP contribution in [0.25, 0.3) is 0 Å². The molecule has 114 valence electrons. The summed E-state index contributed by atoms with van der Waals surface area (Å²) in [5, 5.41) is 9.62. The highest BCUT2D eigenvalue weighted by atomic mass is 16.1. The molecule has 0 bridgehead atoms. The monoisotopic (exact) mass is 271 g/mol. The number of amides is 1. The van der Waals surface area contributed by atoms with Crippen molar-refractivity contribution in [3.05, 3.63) is 0 Å². The first-order chi connectivity index (χ1) is 9.02. The zero-order chi connectivity index (χ0) is 14.5. The summed E-state index contributed by atoms with van der Waals surface area (Å²) in [6.07, 6.45) is 5.33. The fourth-order valence-corrected chi connectivity index (χ4v) is 1.78. The van der Waals surface area contributed by atoms with Gasteiger partial charge in [-0.1, -0.05) is 40.5 Å². The molecule has 0 heterocycles. The number of hydrogen-bond donors (Lipinski definition) is 3. The van der Waals surface area contributed by atoms with Crippen molar-refractivity contribution in [2.45, 2.75) is 71.9 Å². The van der Waals surface area contributed by atoms with Gasteiger partial charge in [-0.25, -0.2) is 0 Å². The maximum Gasteiger partial charge on any atom is 0.221 e. The summed E-state index contributed by atoms with van der Waals surface area (Å²) >= 11 is 0. The van der Waals surface area contributed by atoms with Gasteiger partial charge in [-0.3, -0.25) is 4.79 Å². The van der Waals surface area contributed by atoms with Crippen LogP contribution in [-0.2, 0) is 4.79 Å². The molecule has 0 aliphatic rings. The molecule has 0 fully saturated rings. The standard InChI is InChI=1S/C15H33N3O/c1-13(2)16-10-7-5-6-8-11-18-15(19)9-12-17-14(3)4/h13-14,16-17H,5-12H2,1-4H3,(H,18,19). The molecule has 0 saturated heterocycles. The van der Waals surface area contributed by atoms with Crippen molar-refractivity contribution in [3.8, 4) is 0 Å². The number of rotatable bonds is 12. The summed E-state index contributed by atoms with van der Waals surface area (Å²) in [6, 6.07) is 1.03. The molecule has 3 N–H and O–H groups in total. The summed E-state index contributed by atoms with van der Waals surface area (Å²) in [6.45, 7) is 11.2. The summed E-state index contributed by atoms with van der Waals surface area (Å²) in [7, 11) is 0. The summed E-state index contributed by atoms with van der Waals surface area (Å²) in [5.74, 6) is 0.162. The van der Waals surface area contributed by atoms with Crippen LogP contribution in [0.3, 0.4) is 0 Å². The minimum Gasteiger partial charge on any atom is -0.356 e. The minimum absolute atomic E-state index is 0.162. The molecule has 0 aromatic rings. The van der Waals surface area contributed by atoms with E-state index in [-0.39, 0.29) is 5.91 Å². The second-order valence-electron chi connectivity index (χ2n) is 5.73. The van der Waals surface area contributed by atoms with Crippen molar-refractivity contribution in [3.63, 3.8) is 0 Å². The van der Waals surface area contributed by atoms with Gasteiger partial charge in [0.1, 0.15) is 0 Å². The van der Waals surface area contributed by atoms with Gasteiger partial charge in [0.2, 0.25) is 5.91 Å². The lowest BCUT2D eigenvalue weighted by Gasteiger charge is -2.09. The van der Waals surface area contributed by atoms with Gasteiger partial charge in [-0.2, -0.15) is 0 Å². The predicted octanol–water partition coefficient (Wildman–Crippen LogP) is 2.05. The number of carbonyl (C=O) groups excluding carboxylic acids is 1. The van der Waals surface area contributed by atoms with Crippen molar-refractivity contribution in [2.24, 2.45) is 0 Å². The molecule has 0 aliphatic carbocycles. The molecule has 4 nitrogen and oxygen atoms in total. The van der Waals surface area contributed by atoms with Gasteiger partial charge in [-0.15, -0.1) is 0 Å². The second kappa shape index (κ2) is 12.4. The van der Waals surface area contributed by atoms with E-state index < -0.39 is 0 Å². The van der Waals surface area contributed by atoms with Gasteiger partial charge in [0.25, 0.3) is 0 Å². The topological polar surface area (TPSA) is 53.2 Å². The van der Waals surface area contributed by atoms with E-state index in [9.17, 15) is 4.79 Å². The first-order valence-electron chi connectivity index (χ1n) is 7.76. The summed E-state index contributed by atoms with van der Waals surface area (Å²) in [4.78, 5) is 11.5. The number of nitrogens with one attached hydrogen (secondary N) is 3. The molecule has 0 aromatic heterocycles. The Labute approximate surface area is 119 Å². The normalized spacial score (nSPS) is 11.3. The SMILES string of the molecule is CC(C)NCCCCCCNC(=O)CCNC(C)C. The Hall–Kier alpha value is -0.610. The van der Waals surface area contributed by atoms with Gasteiger partial charge >= 0.3 is 0 Å². The molecule has 1 amide bonds. The largest absolute Gasteiger partial charge is 0.356 e. The summed E-state index contributed by atoms with van der Waals surface area (Å²) < 4.78 is 0. The van der Waals surface area contributed by atoms with Crippen LogP contribution in [0.1, 0.15) is 59.8 Å². The Morgan fingerprint density at radius 3 is 1.89 bits per heavy atom. The quantitative estimate of drug-likeness (QED) is 0.476. The van der Waals surface area contributed by atoms with Crippen LogP contribution >= 0.6 is 0 Å². The zero-order valence-corrected chi connectivity index (χ0v) is 13.2. The van der Waals surface area contributed by atoms with Crippen molar-refractivity contribution >= 4 is 5.91 Å². The van der Waals surface area contributed by atoms with Crippen LogP contribution < -0.4 is 16.0 Å². The highest BCUT2D eigenvalue weighted by Crippen LogP contribution is 1.98. The molecule has 0 saturated carbocycles. The number of carbonyl (C=O) groups is 1. The Kier molecular flexibility index (Phi) is 12.0. The Bertz CT molecular complexity index is 217. The Morgan fingerprint density at radius 1 is 0.789 bits per heavy atom. The predicted molar refractivity (Wildman–Crippen MR) is 82.4 cm³/mol. The van der Waals surface area contributed by atoms with Gasteiger partial charge in [0.15, 0.2) is 0 Å². The third-order valence-corrected chi connectivity index (χ3v) is 2.88. The molecule has 0 rings (SSSR count). The van der Waals surface area contributed by atoms with Crippen molar-refractivity contribution in [1.82, 2.24) is 16.0 Å². The fourth-order valence-electron chi connectivity index (χ4n) is 1.78. The average molecular weight is 271 g/mol. The molecule has 0 aromatic carbocycles. The van der Waals surface area contributed by atoms with E-state index in [2.05, 4.69) is 43.6 Å². The van der Waals surface area contributed by atoms with E-state index >= 15 is 0 Å². The van der Waals surface area contributed by atoms with Gasteiger partial charge < -0.3 is 16.0 Å². The van der Waals surface area contributed by atoms with Crippen molar-refractivity contribution in [1.29, 1.82) is 0 Å². The van der Waals surface area contributed by atoms with E-state index in [4.69, 9.17) is 0 Å². The number of unbranched alkanes of at least 4 members (excludes halogenated alkanes) is 3. The van der Waals surface area contributed by atoms with Crippen LogP contribution in [0.5, 0.6) is 0 Å². The third kappa shape index (κ3) is 15.3. The van der Waals surface area contributed by atoms with Gasteiger partial charge in [-0.05, 0) is 19.4 Å². The zero-order valence-electron chi connectivity index (χ0n) is 13.2. The molecule has 0 radical (unpaired) electrons. The Morgan fingerprint density at radius 2 is 1.32 bits per heavy atom. The molecule has 0 spiro atoms. The highest BCUT2D eigenvalue weighted by molar-refractivity contribution is 5.75. The minimum atomic E-state index is 0.162. The van der Waals surface area contributed by atoms with Gasteiger partial charge in [0.05, 0.1) is 0 Å². The molecule has 0 aliphatic heterocycles. The smallest absolute Gasteiger partial charge is 0.221 e. The first kappa shape index (κ1) is 18.4. The maximum absolute atomic E-state index is 11.5. The average Bonchev–Trinajstić information content (AvgIpc) is 2.31. The van der Waals surface area contributed by atoms with E-state index in [1.54, 1.807) is 0 Å². The molecular formula is C15H33N3O. The van der Waals surface area contributed by atoms with Crippen LogP contribution in [0.15, 0.2) is 0 Å². The van der Waals surface area contributed by atoms with Crippen LogP contribution in [0.2, 0.25) is 0 Å². The van der Waals surface area contributed by atoms with E-state index in [0.717, 1.165) is 26.1 Å². The van der Waals surface area contributed by atoms with Crippen LogP contribution in [-0.4, -0.2) is 37.6 Å². The molecule has 4 heteroatoms. The lowest BCUT2D eigenvalue weighted by molar-refractivity contribution is -0.121. The van der Waals surface area contributed by atoms with E-state index in [0.29, 0.717) is 18.5 Å². The fraction of sp³-hybridized carbons (Fsp3) is 0.933. The lowest BCUT2D eigenvalue weighted by atomic mass is 10.2. The molecule has 0 unspecified atom stereocenters. The van der Waals surface area contributed by atoms with E-state index in [1.165, 1.54) is 19.3 Å². The second-order valence-corrected chi connectivity index (χ2v) is 5.73. The first-order valence-corrected chi connectivity index (χ1v) is 7.76. The van der Waals surface area contributed by atoms with Gasteiger partial charge in [0, 0.05) is 31.6 Å². The van der Waals surface area contributed by atoms with E-state index in [1.807, 2.05) is 0 Å². The van der Waals surface area contributed by atoms with Crippen LogP contribution in [0, 0.1) is 0 Å². The van der Waals surface area contributed by atoms with Crippen molar-refractivity contribution < 1.29 is 4.79 Å². The van der Waals surface area contributed by atoms with Crippen molar-refractivity contribution in [2.75, 3.05) is 19.6 Å². The lowest BCUT2D eigenvalue weighted by Crippen LogP contribution is -2.31. The maximum atomic E-state index is 11.5. The molecule has 0 atom stereocenters. The summed E-state index contributed by atoms with van der Waals surface area (Å²) in [5.41, 5.74) is 0. The van der Waals surface area contributed by atoms with Crippen LogP contribution in [0.4, 0.5) is 0 Å². The third-order valence-electron chi connectivity index (χ3n) is 2.88.